The minimum absolute atomic E-state index is 0.0100. The molecule has 162 valence electrons. The van der Waals surface area contributed by atoms with Crippen molar-refractivity contribution in [2.45, 2.75) is 51.9 Å². The number of nitriles is 1. The fourth-order valence-corrected chi connectivity index (χ4v) is 4.51. The lowest BCUT2D eigenvalue weighted by Crippen LogP contribution is -2.19. The molecule has 10 heteroatoms. The number of rotatable bonds is 4. The summed E-state index contributed by atoms with van der Waals surface area (Å²) in [6.45, 7) is 0.956. The van der Waals surface area contributed by atoms with Crippen LogP contribution in [0.1, 0.15) is 35.7 Å². The second-order valence-corrected chi connectivity index (χ2v) is 8.41. The molecule has 0 N–H and O–H groups in total. The fraction of sp³-hybridized carbons (Fsp3) is 0.364. The van der Waals surface area contributed by atoms with Gasteiger partial charge in [0.1, 0.15) is 0 Å². The zero-order valence-electron chi connectivity index (χ0n) is 17.8. The van der Waals surface area contributed by atoms with Crippen molar-refractivity contribution in [3.63, 3.8) is 0 Å². The monoisotopic (exact) mass is 434 g/mol. The Morgan fingerprint density at radius 1 is 1.12 bits per heavy atom. The SMILES string of the molecule is Cc1cn2nc(-c3cc(OC(F)F)c4nc(C5CCB(C#N)CC5)cn4c3)cc(C)c2n1. The van der Waals surface area contributed by atoms with Gasteiger partial charge in [-0.1, -0.05) is 25.5 Å². The zero-order valence-corrected chi connectivity index (χ0v) is 17.8. The molecular formula is C22H21BF2N6O. The summed E-state index contributed by atoms with van der Waals surface area (Å²) in [4.78, 5) is 9.09. The van der Waals surface area contributed by atoms with Crippen LogP contribution in [0.2, 0.25) is 12.6 Å². The number of aromatic nitrogens is 5. The number of hydrogen-bond acceptors (Lipinski definition) is 5. The molecule has 0 spiro atoms. The van der Waals surface area contributed by atoms with Crippen molar-refractivity contribution in [2.24, 2.45) is 0 Å². The van der Waals surface area contributed by atoms with Gasteiger partial charge >= 0.3 is 6.61 Å². The molecule has 1 aliphatic rings. The number of alkyl halides is 2. The number of nitrogens with zero attached hydrogens (tertiary/aromatic N) is 6. The van der Waals surface area contributed by atoms with Crippen LogP contribution < -0.4 is 4.74 Å². The number of pyridine rings is 1. The van der Waals surface area contributed by atoms with Gasteiger partial charge in [-0.2, -0.15) is 13.9 Å². The van der Waals surface area contributed by atoms with Gasteiger partial charge in [-0.15, -0.1) is 0 Å². The van der Waals surface area contributed by atoms with Gasteiger partial charge in [0.05, 0.1) is 23.3 Å². The Hall–Kier alpha value is -3.48. The minimum Gasteiger partial charge on any atom is -0.431 e. The maximum Gasteiger partial charge on any atom is 0.387 e. The highest BCUT2D eigenvalue weighted by Crippen LogP contribution is 2.35. The van der Waals surface area contributed by atoms with Crippen molar-refractivity contribution >= 4 is 18.0 Å². The van der Waals surface area contributed by atoms with E-state index in [0.717, 1.165) is 48.1 Å². The average Bonchev–Trinajstić information content (AvgIpc) is 3.36. The fourth-order valence-electron chi connectivity index (χ4n) is 4.51. The number of imidazole rings is 2. The van der Waals surface area contributed by atoms with Crippen LogP contribution in [0.4, 0.5) is 8.78 Å². The zero-order chi connectivity index (χ0) is 22.4. The highest BCUT2D eigenvalue weighted by molar-refractivity contribution is 6.67. The quantitative estimate of drug-likeness (QED) is 0.435. The number of ether oxygens (including phenoxy) is 1. The molecule has 4 aromatic heterocycles. The van der Waals surface area contributed by atoms with Crippen LogP contribution in [0, 0.1) is 25.1 Å². The Bertz CT molecular complexity index is 1350. The highest BCUT2D eigenvalue weighted by Gasteiger charge is 2.27. The Morgan fingerprint density at radius 2 is 1.91 bits per heavy atom. The number of halogens is 2. The second-order valence-electron chi connectivity index (χ2n) is 8.41. The third kappa shape index (κ3) is 3.68. The number of fused-ring (bicyclic) bond motifs is 2. The molecule has 0 amide bonds. The Morgan fingerprint density at radius 3 is 2.62 bits per heavy atom. The molecule has 0 radical (unpaired) electrons. The van der Waals surface area contributed by atoms with Crippen molar-refractivity contribution in [1.82, 2.24) is 24.0 Å². The molecule has 7 nitrogen and oxygen atoms in total. The molecular weight excluding hydrogens is 413 g/mol. The molecule has 0 aromatic carbocycles. The van der Waals surface area contributed by atoms with Gasteiger partial charge in [-0.3, -0.25) is 0 Å². The second kappa shape index (κ2) is 7.90. The maximum absolute atomic E-state index is 13.2. The van der Waals surface area contributed by atoms with Gasteiger partial charge in [-0.05, 0) is 31.5 Å². The molecule has 1 saturated heterocycles. The predicted molar refractivity (Wildman–Crippen MR) is 116 cm³/mol. The van der Waals surface area contributed by atoms with Crippen molar-refractivity contribution < 1.29 is 13.5 Å². The van der Waals surface area contributed by atoms with E-state index < -0.39 is 6.61 Å². The van der Waals surface area contributed by atoms with Crippen LogP contribution in [0.25, 0.3) is 22.6 Å². The van der Waals surface area contributed by atoms with Crippen LogP contribution in [0.5, 0.6) is 5.75 Å². The van der Waals surface area contributed by atoms with Crippen LogP contribution in [-0.2, 0) is 0 Å². The van der Waals surface area contributed by atoms with E-state index in [1.807, 2.05) is 38.5 Å². The van der Waals surface area contributed by atoms with Crippen LogP contribution in [-0.4, -0.2) is 37.3 Å². The molecule has 0 bridgehead atoms. The van der Waals surface area contributed by atoms with E-state index in [9.17, 15) is 8.78 Å². The third-order valence-electron chi connectivity index (χ3n) is 6.11. The van der Waals surface area contributed by atoms with Crippen molar-refractivity contribution in [3.05, 3.63) is 47.7 Å². The topological polar surface area (TPSA) is 80.5 Å². The van der Waals surface area contributed by atoms with Gasteiger partial charge < -0.3 is 9.14 Å². The van der Waals surface area contributed by atoms with E-state index in [2.05, 4.69) is 21.0 Å². The molecule has 5 rings (SSSR count). The first-order valence-corrected chi connectivity index (χ1v) is 10.6. The average molecular weight is 434 g/mol. The molecule has 1 aliphatic heterocycles. The molecule has 0 atom stereocenters. The molecule has 5 heterocycles. The summed E-state index contributed by atoms with van der Waals surface area (Å²) in [6, 6.07) is 3.44. The summed E-state index contributed by atoms with van der Waals surface area (Å²) in [5.74, 6) is 2.55. The van der Waals surface area contributed by atoms with Gasteiger partial charge in [-0.25, -0.2) is 19.7 Å². The summed E-state index contributed by atoms with van der Waals surface area (Å²) >= 11 is 0. The molecule has 0 aliphatic carbocycles. The van der Waals surface area contributed by atoms with Crippen LogP contribution in [0.3, 0.4) is 0 Å². The van der Waals surface area contributed by atoms with Gasteiger partial charge in [0.15, 0.2) is 17.0 Å². The number of hydrogen-bond donors (Lipinski definition) is 0. The molecule has 0 saturated carbocycles. The van der Waals surface area contributed by atoms with E-state index in [1.165, 1.54) is 0 Å². The first-order valence-electron chi connectivity index (χ1n) is 10.6. The van der Waals surface area contributed by atoms with E-state index in [-0.39, 0.29) is 18.4 Å². The number of aryl methyl sites for hydroxylation is 2. The summed E-state index contributed by atoms with van der Waals surface area (Å²) in [5, 5.41) is 13.8. The Kier molecular flexibility index (Phi) is 5.04. The summed E-state index contributed by atoms with van der Waals surface area (Å²) in [6.07, 6.45) is 8.91. The van der Waals surface area contributed by atoms with Crippen LogP contribution >= 0.6 is 0 Å². The van der Waals surface area contributed by atoms with Gasteiger partial charge in [0.25, 0.3) is 6.71 Å². The lowest BCUT2D eigenvalue weighted by atomic mass is 9.41. The van der Waals surface area contributed by atoms with E-state index in [0.29, 0.717) is 16.9 Å². The normalized spacial score (nSPS) is 15.1. The standard InChI is InChI=1S/C22H21BF2N6O/c1-13-7-17(29-31-9-14(2)27-20(13)31)16-8-19(32-22(24)25)21-28-18(11-30(21)10-16)15-3-5-23(12-26)6-4-15/h7-11,15,22H,3-6H2,1-2H3. The van der Waals surface area contributed by atoms with Gasteiger partial charge in [0.2, 0.25) is 0 Å². The highest BCUT2D eigenvalue weighted by atomic mass is 19.3. The van der Waals surface area contributed by atoms with Crippen LogP contribution in [0.15, 0.2) is 30.7 Å². The van der Waals surface area contributed by atoms with E-state index in [1.54, 1.807) is 15.0 Å². The minimum atomic E-state index is -2.96. The first kappa shape index (κ1) is 20.4. The molecule has 4 aromatic rings. The van der Waals surface area contributed by atoms with Crippen molar-refractivity contribution in [1.29, 1.82) is 5.26 Å². The first-order chi connectivity index (χ1) is 15.4. The van der Waals surface area contributed by atoms with Gasteiger partial charge in [0, 0.05) is 29.8 Å². The Labute approximate surface area is 183 Å². The molecule has 32 heavy (non-hydrogen) atoms. The van der Waals surface area contributed by atoms with Crippen molar-refractivity contribution in [3.8, 4) is 23.0 Å². The maximum atomic E-state index is 13.2. The van der Waals surface area contributed by atoms with Crippen molar-refractivity contribution in [2.75, 3.05) is 0 Å². The molecule has 0 unspecified atom stereocenters. The predicted octanol–water partition coefficient (Wildman–Crippen LogP) is 4.70. The van der Waals surface area contributed by atoms with E-state index in [4.69, 9.17) is 10.00 Å². The third-order valence-corrected chi connectivity index (χ3v) is 6.11. The van der Waals surface area contributed by atoms with E-state index >= 15 is 0 Å². The molecule has 1 fully saturated rings. The summed E-state index contributed by atoms with van der Waals surface area (Å²) < 4.78 is 34.6. The summed E-state index contributed by atoms with van der Waals surface area (Å²) in [5.41, 5.74) is 4.99. The lowest BCUT2D eigenvalue weighted by Gasteiger charge is -2.21. The summed E-state index contributed by atoms with van der Waals surface area (Å²) in [7, 11) is 0. The Balaban J connectivity index is 1.59. The largest absolute Gasteiger partial charge is 0.431 e. The lowest BCUT2D eigenvalue weighted by molar-refractivity contribution is -0.0491. The smallest absolute Gasteiger partial charge is 0.387 e.